The number of nitrogens with two attached hydrogens (primary N) is 4. The molecule has 0 radical (unpaired) electrons. The molecular weight excluding hydrogens is 375 g/mol. The highest BCUT2D eigenvalue weighted by atomic mass is 35.5. The molecular formula is C16H18Cl2N8. The first kappa shape index (κ1) is 27.2. The summed E-state index contributed by atoms with van der Waals surface area (Å²) >= 11 is 0. The smallest absolute Gasteiger partial charge is 0.191 e. The van der Waals surface area contributed by atoms with Gasteiger partial charge in [0.2, 0.25) is 0 Å². The Hall–Kier alpha value is -3.64. The molecule has 0 aliphatic carbocycles. The lowest BCUT2D eigenvalue weighted by Crippen LogP contribution is -2.21. The molecule has 0 aliphatic rings. The van der Waals surface area contributed by atoms with Gasteiger partial charge in [0.25, 0.3) is 0 Å². The summed E-state index contributed by atoms with van der Waals surface area (Å²) in [6.45, 7) is 0. The fraction of sp³-hybridized carbons (Fsp3) is 0. The lowest BCUT2D eigenvalue weighted by atomic mass is 10.2. The van der Waals surface area contributed by atoms with Gasteiger partial charge in [-0.15, -0.1) is 24.8 Å². The number of nitriles is 3. The topological polar surface area (TPSA) is 188 Å². The molecule has 2 rings (SSSR count). The van der Waals surface area contributed by atoms with Crippen molar-refractivity contribution >= 4 is 42.1 Å². The number of nitrogen functional groups attached to an aromatic ring is 1. The molecule has 8 nitrogen and oxygen atoms in total. The molecule has 0 saturated carbocycles. The van der Waals surface area contributed by atoms with Crippen LogP contribution in [0.2, 0.25) is 0 Å². The molecule has 0 saturated heterocycles. The maximum atomic E-state index is 8.48. The van der Waals surface area contributed by atoms with Gasteiger partial charge in [0, 0.05) is 5.69 Å². The van der Waals surface area contributed by atoms with E-state index in [-0.39, 0.29) is 30.8 Å². The number of rotatable bonds is 1. The molecule has 26 heavy (non-hydrogen) atoms. The van der Waals surface area contributed by atoms with Crippen LogP contribution in [0.15, 0.2) is 53.5 Å². The monoisotopic (exact) mass is 392 g/mol. The van der Waals surface area contributed by atoms with Crippen LogP contribution in [-0.4, -0.2) is 5.96 Å². The summed E-state index contributed by atoms with van der Waals surface area (Å²) in [5.41, 5.74) is 22.4. The SMILES string of the molecule is Cl.Cl.N#CN.N#Cc1ccc(N)cc1.N#Cc1ccc(N=C(N)N)cc1. The third kappa shape index (κ3) is 12.9. The van der Waals surface area contributed by atoms with E-state index in [4.69, 9.17) is 33.0 Å². The van der Waals surface area contributed by atoms with Gasteiger partial charge in [-0.1, -0.05) is 0 Å². The number of benzene rings is 2. The highest BCUT2D eigenvalue weighted by molar-refractivity contribution is 5.85. The van der Waals surface area contributed by atoms with Crippen LogP contribution in [0.3, 0.4) is 0 Å². The number of anilines is 1. The zero-order chi connectivity index (χ0) is 18.4. The summed E-state index contributed by atoms with van der Waals surface area (Å²) < 4.78 is 0. The molecule has 136 valence electrons. The highest BCUT2D eigenvalue weighted by Gasteiger charge is 1.90. The number of halogens is 2. The second-order valence-electron chi connectivity index (χ2n) is 4.06. The van der Waals surface area contributed by atoms with E-state index in [9.17, 15) is 0 Å². The summed E-state index contributed by atoms with van der Waals surface area (Å²) in [4.78, 5) is 3.80. The van der Waals surface area contributed by atoms with Gasteiger partial charge in [0.05, 0.1) is 29.0 Å². The number of nitrogens with zero attached hydrogens (tertiary/aromatic N) is 4. The number of guanidine groups is 1. The Labute approximate surface area is 164 Å². The second-order valence-corrected chi connectivity index (χ2v) is 4.06. The van der Waals surface area contributed by atoms with Crippen molar-refractivity contribution in [2.24, 2.45) is 22.2 Å². The van der Waals surface area contributed by atoms with Gasteiger partial charge in [-0.05, 0) is 48.5 Å². The first-order valence-corrected chi connectivity index (χ1v) is 6.42. The van der Waals surface area contributed by atoms with Crippen LogP contribution in [-0.2, 0) is 0 Å². The minimum Gasteiger partial charge on any atom is -0.399 e. The number of hydrogen-bond donors (Lipinski definition) is 4. The number of hydrogen-bond acceptors (Lipinski definition) is 6. The van der Waals surface area contributed by atoms with E-state index in [1.807, 2.05) is 12.1 Å². The molecule has 0 unspecified atom stereocenters. The van der Waals surface area contributed by atoms with Crippen LogP contribution in [0.5, 0.6) is 0 Å². The van der Waals surface area contributed by atoms with Gasteiger partial charge >= 0.3 is 0 Å². The standard InChI is InChI=1S/C8H8N4.C7H6N2.CH2N2.2ClH/c9-5-6-1-3-7(4-2-6)12-8(10)11;8-5-6-1-3-7(9)4-2-6;2-1-3;;/h1-4H,(H4,10,11,12);1-4H,9H2;2H2;2*1H. The highest BCUT2D eigenvalue weighted by Crippen LogP contribution is 2.11. The Kier molecular flexibility index (Phi) is 17.0. The van der Waals surface area contributed by atoms with Gasteiger partial charge < -0.3 is 22.9 Å². The van der Waals surface area contributed by atoms with Crippen molar-refractivity contribution in [3.63, 3.8) is 0 Å². The average molecular weight is 393 g/mol. The van der Waals surface area contributed by atoms with Crippen molar-refractivity contribution < 1.29 is 0 Å². The average Bonchev–Trinajstić information content (AvgIpc) is 2.57. The largest absolute Gasteiger partial charge is 0.399 e. The third-order valence-electron chi connectivity index (χ3n) is 2.29. The van der Waals surface area contributed by atoms with Gasteiger partial charge in [-0.2, -0.15) is 15.8 Å². The van der Waals surface area contributed by atoms with E-state index >= 15 is 0 Å². The Morgan fingerprint density at radius 3 is 1.42 bits per heavy atom. The predicted octanol–water partition coefficient (Wildman–Crippen LogP) is 1.87. The first-order valence-electron chi connectivity index (χ1n) is 6.42. The minimum atomic E-state index is 0. The fourth-order valence-electron chi connectivity index (χ4n) is 1.32. The van der Waals surface area contributed by atoms with Crippen molar-refractivity contribution in [1.29, 1.82) is 15.8 Å². The van der Waals surface area contributed by atoms with Gasteiger partial charge in [0.15, 0.2) is 12.2 Å². The third-order valence-corrected chi connectivity index (χ3v) is 2.29. The Balaban J connectivity index is -0.000000339. The molecule has 0 aromatic heterocycles. The minimum absolute atomic E-state index is 0. The molecule has 2 aromatic carbocycles. The molecule has 0 amide bonds. The summed E-state index contributed by atoms with van der Waals surface area (Å²) in [7, 11) is 0. The van der Waals surface area contributed by atoms with Crippen LogP contribution in [0.1, 0.15) is 11.1 Å². The summed E-state index contributed by atoms with van der Waals surface area (Å²) in [5, 5.41) is 23.9. The van der Waals surface area contributed by atoms with Gasteiger partial charge in [0.1, 0.15) is 0 Å². The van der Waals surface area contributed by atoms with Crippen molar-refractivity contribution in [2.45, 2.75) is 0 Å². The van der Waals surface area contributed by atoms with Crippen molar-refractivity contribution in [2.75, 3.05) is 5.73 Å². The maximum absolute atomic E-state index is 8.48. The van der Waals surface area contributed by atoms with E-state index < -0.39 is 0 Å². The van der Waals surface area contributed by atoms with Crippen LogP contribution in [0, 0.1) is 34.1 Å². The predicted molar refractivity (Wildman–Crippen MR) is 106 cm³/mol. The van der Waals surface area contributed by atoms with E-state index in [0.29, 0.717) is 22.5 Å². The van der Waals surface area contributed by atoms with Gasteiger partial charge in [-0.3, -0.25) is 0 Å². The molecule has 0 aliphatic heterocycles. The van der Waals surface area contributed by atoms with E-state index in [1.165, 1.54) is 6.19 Å². The molecule has 0 heterocycles. The summed E-state index contributed by atoms with van der Waals surface area (Å²) in [6, 6.07) is 17.5. The molecule has 0 fully saturated rings. The van der Waals surface area contributed by atoms with E-state index in [2.05, 4.69) is 10.7 Å². The Bertz CT molecular complexity index is 777. The van der Waals surface area contributed by atoms with Crippen molar-refractivity contribution in [1.82, 2.24) is 0 Å². The number of aliphatic imine (C=N–C) groups is 1. The molecule has 0 spiro atoms. The quantitative estimate of drug-likeness (QED) is 0.187. The fourth-order valence-corrected chi connectivity index (χ4v) is 1.32. The lowest BCUT2D eigenvalue weighted by molar-refractivity contribution is 1.41. The van der Waals surface area contributed by atoms with Crippen LogP contribution < -0.4 is 22.9 Å². The van der Waals surface area contributed by atoms with E-state index in [1.54, 1.807) is 48.5 Å². The van der Waals surface area contributed by atoms with Crippen LogP contribution >= 0.6 is 24.8 Å². The van der Waals surface area contributed by atoms with Gasteiger partial charge in [-0.25, -0.2) is 4.99 Å². The zero-order valence-electron chi connectivity index (χ0n) is 13.5. The molecule has 8 N–H and O–H groups in total. The van der Waals surface area contributed by atoms with Crippen LogP contribution in [0.25, 0.3) is 0 Å². The van der Waals surface area contributed by atoms with Crippen molar-refractivity contribution in [3.05, 3.63) is 59.7 Å². The zero-order valence-corrected chi connectivity index (χ0v) is 15.2. The molecule has 2 aromatic rings. The molecule has 0 bridgehead atoms. The van der Waals surface area contributed by atoms with Crippen molar-refractivity contribution in [3.8, 4) is 18.3 Å². The molecule has 10 heteroatoms. The lowest BCUT2D eigenvalue weighted by Gasteiger charge is -1.93. The summed E-state index contributed by atoms with van der Waals surface area (Å²) in [5.74, 6) is 0.0136. The second kappa shape index (κ2) is 16.2. The van der Waals surface area contributed by atoms with Crippen LogP contribution in [0.4, 0.5) is 11.4 Å². The Morgan fingerprint density at radius 1 is 0.769 bits per heavy atom. The first-order chi connectivity index (χ1) is 11.5. The Morgan fingerprint density at radius 2 is 1.12 bits per heavy atom. The normalized spacial score (nSPS) is 7.12. The maximum Gasteiger partial charge on any atom is 0.191 e. The summed E-state index contributed by atoms with van der Waals surface area (Å²) in [6.07, 6.45) is 1.25. The van der Waals surface area contributed by atoms with E-state index in [0.717, 1.165) is 0 Å². The molecule has 0 atom stereocenters.